The first-order chi connectivity index (χ1) is 8.86. The highest BCUT2D eigenvalue weighted by atomic mass is 16.5. The molecule has 1 aromatic carbocycles. The van der Waals surface area contributed by atoms with E-state index in [1.54, 1.807) is 7.11 Å². The van der Waals surface area contributed by atoms with Gasteiger partial charge in [0.15, 0.2) is 0 Å². The Morgan fingerprint density at radius 2 is 2.17 bits per heavy atom. The van der Waals surface area contributed by atoms with Crippen LogP contribution in [0.5, 0.6) is 5.75 Å². The summed E-state index contributed by atoms with van der Waals surface area (Å²) < 4.78 is 7.10. The summed E-state index contributed by atoms with van der Waals surface area (Å²) in [6.45, 7) is 2.04. The minimum Gasteiger partial charge on any atom is -0.497 e. The van der Waals surface area contributed by atoms with E-state index >= 15 is 0 Å². The largest absolute Gasteiger partial charge is 0.497 e. The van der Waals surface area contributed by atoms with Crippen LogP contribution in [0.1, 0.15) is 12.5 Å². The van der Waals surface area contributed by atoms with Gasteiger partial charge >= 0.3 is 0 Å². The fraction of sp³-hybridized carbons (Fsp3) is 0.385. The van der Waals surface area contributed by atoms with Crippen molar-refractivity contribution in [1.29, 1.82) is 0 Å². The lowest BCUT2D eigenvalue weighted by atomic mass is 10.1. The summed E-state index contributed by atoms with van der Waals surface area (Å²) in [6.07, 6.45) is 3.13. The number of benzene rings is 1. The fourth-order valence-electron chi connectivity index (χ4n) is 2.21. The van der Waals surface area contributed by atoms with E-state index in [0.717, 1.165) is 36.5 Å². The zero-order chi connectivity index (χ0) is 12.4. The third-order valence-electron chi connectivity index (χ3n) is 3.30. The van der Waals surface area contributed by atoms with Gasteiger partial charge < -0.3 is 10.1 Å². The number of nitrogens with zero attached hydrogens (tertiary/aromatic N) is 3. The van der Waals surface area contributed by atoms with Gasteiger partial charge in [-0.2, -0.15) is 0 Å². The summed E-state index contributed by atoms with van der Waals surface area (Å²) in [6, 6.07) is 8.31. The van der Waals surface area contributed by atoms with E-state index < -0.39 is 0 Å². The maximum absolute atomic E-state index is 5.14. The topological polar surface area (TPSA) is 52.0 Å². The summed E-state index contributed by atoms with van der Waals surface area (Å²) >= 11 is 0. The maximum Gasteiger partial charge on any atom is 0.118 e. The molecule has 1 saturated heterocycles. The highest BCUT2D eigenvalue weighted by Gasteiger charge is 2.17. The van der Waals surface area contributed by atoms with E-state index in [9.17, 15) is 0 Å². The average Bonchev–Trinajstić information content (AvgIpc) is 3.09. The molecule has 18 heavy (non-hydrogen) atoms. The van der Waals surface area contributed by atoms with Gasteiger partial charge in [-0.15, -0.1) is 5.10 Å². The molecule has 1 aliphatic heterocycles. The molecule has 3 rings (SSSR count). The standard InChI is InChI=1S/C13H16N4O/c1-18-12-4-2-10(3-5-12)13-9-17(16-15-13)11-6-7-14-8-11/h2-5,9,11,14H,6-8H2,1H3. The molecule has 0 aliphatic carbocycles. The lowest BCUT2D eigenvalue weighted by Gasteiger charge is -2.06. The molecule has 1 unspecified atom stereocenters. The molecule has 2 aromatic rings. The van der Waals surface area contributed by atoms with Crippen molar-refractivity contribution in [3.05, 3.63) is 30.5 Å². The predicted octanol–water partition coefficient (Wildman–Crippen LogP) is 1.49. The molecule has 0 amide bonds. The van der Waals surface area contributed by atoms with Crippen LogP contribution in [0.15, 0.2) is 30.5 Å². The van der Waals surface area contributed by atoms with Gasteiger partial charge in [0.25, 0.3) is 0 Å². The number of methoxy groups -OCH3 is 1. The number of ether oxygens (including phenoxy) is 1. The Bertz CT molecular complexity index is 514. The zero-order valence-electron chi connectivity index (χ0n) is 10.3. The van der Waals surface area contributed by atoms with Crippen molar-refractivity contribution in [2.45, 2.75) is 12.5 Å². The minimum atomic E-state index is 0.435. The Labute approximate surface area is 106 Å². The second kappa shape index (κ2) is 4.78. The first-order valence-electron chi connectivity index (χ1n) is 6.14. The molecule has 0 saturated carbocycles. The molecule has 5 nitrogen and oxygen atoms in total. The molecule has 1 fully saturated rings. The van der Waals surface area contributed by atoms with Gasteiger partial charge in [-0.3, -0.25) is 0 Å². The molecule has 0 bridgehead atoms. The summed E-state index contributed by atoms with van der Waals surface area (Å²) in [5.41, 5.74) is 1.97. The van der Waals surface area contributed by atoms with Crippen molar-refractivity contribution in [2.75, 3.05) is 20.2 Å². The van der Waals surface area contributed by atoms with Crippen molar-refractivity contribution in [3.63, 3.8) is 0 Å². The third kappa shape index (κ3) is 2.09. The van der Waals surface area contributed by atoms with Crippen LogP contribution in [0.2, 0.25) is 0 Å². The molecule has 1 aliphatic rings. The molecule has 5 heteroatoms. The zero-order valence-corrected chi connectivity index (χ0v) is 10.3. The molecule has 2 heterocycles. The minimum absolute atomic E-state index is 0.435. The van der Waals surface area contributed by atoms with E-state index in [0.29, 0.717) is 6.04 Å². The normalized spacial score (nSPS) is 19.1. The Balaban J connectivity index is 1.82. The van der Waals surface area contributed by atoms with Crippen molar-refractivity contribution >= 4 is 0 Å². The van der Waals surface area contributed by atoms with E-state index in [4.69, 9.17) is 4.74 Å². The van der Waals surface area contributed by atoms with Crippen LogP contribution in [-0.2, 0) is 0 Å². The first-order valence-corrected chi connectivity index (χ1v) is 6.14. The predicted molar refractivity (Wildman–Crippen MR) is 68.5 cm³/mol. The summed E-state index contributed by atoms with van der Waals surface area (Å²) in [4.78, 5) is 0. The highest BCUT2D eigenvalue weighted by molar-refractivity contribution is 5.58. The SMILES string of the molecule is COc1ccc(-c2cn(C3CCNC3)nn2)cc1. The lowest BCUT2D eigenvalue weighted by Crippen LogP contribution is -2.13. The van der Waals surface area contributed by atoms with Gasteiger partial charge in [-0.1, -0.05) is 5.21 Å². The van der Waals surface area contributed by atoms with Crippen molar-refractivity contribution in [1.82, 2.24) is 20.3 Å². The second-order valence-electron chi connectivity index (χ2n) is 4.46. The third-order valence-corrected chi connectivity index (χ3v) is 3.30. The molecule has 1 N–H and O–H groups in total. The van der Waals surface area contributed by atoms with E-state index in [-0.39, 0.29) is 0 Å². The molecule has 1 aromatic heterocycles. The van der Waals surface area contributed by atoms with Crippen LogP contribution in [0.3, 0.4) is 0 Å². The van der Waals surface area contributed by atoms with Gasteiger partial charge in [0.05, 0.1) is 19.3 Å². The average molecular weight is 244 g/mol. The number of hydrogen-bond donors (Lipinski definition) is 1. The van der Waals surface area contributed by atoms with Crippen LogP contribution in [-0.4, -0.2) is 35.2 Å². The molecule has 94 valence electrons. The van der Waals surface area contributed by atoms with E-state index in [1.165, 1.54) is 0 Å². The smallest absolute Gasteiger partial charge is 0.118 e. The number of aromatic nitrogens is 3. The van der Waals surface area contributed by atoms with Gasteiger partial charge in [0, 0.05) is 12.1 Å². The highest BCUT2D eigenvalue weighted by Crippen LogP contribution is 2.22. The lowest BCUT2D eigenvalue weighted by molar-refractivity contribution is 0.415. The van der Waals surface area contributed by atoms with Crippen molar-refractivity contribution in [2.24, 2.45) is 0 Å². The van der Waals surface area contributed by atoms with E-state index in [1.807, 2.05) is 35.1 Å². The molecular formula is C13H16N4O. The quantitative estimate of drug-likeness (QED) is 0.888. The summed E-state index contributed by atoms with van der Waals surface area (Å²) in [5, 5.41) is 11.8. The van der Waals surface area contributed by atoms with Crippen molar-refractivity contribution in [3.8, 4) is 17.0 Å². The second-order valence-corrected chi connectivity index (χ2v) is 4.46. The van der Waals surface area contributed by atoms with Crippen molar-refractivity contribution < 1.29 is 4.74 Å². The van der Waals surface area contributed by atoms with Crippen LogP contribution >= 0.6 is 0 Å². The molecule has 1 atom stereocenters. The van der Waals surface area contributed by atoms with Crippen LogP contribution in [0, 0.1) is 0 Å². The van der Waals surface area contributed by atoms with Gasteiger partial charge in [-0.25, -0.2) is 4.68 Å². The summed E-state index contributed by atoms with van der Waals surface area (Å²) in [5.74, 6) is 0.853. The molecule has 0 radical (unpaired) electrons. The Morgan fingerprint density at radius 1 is 1.33 bits per heavy atom. The summed E-state index contributed by atoms with van der Waals surface area (Å²) in [7, 11) is 1.67. The first kappa shape index (κ1) is 11.2. The van der Waals surface area contributed by atoms with Gasteiger partial charge in [-0.05, 0) is 37.2 Å². The van der Waals surface area contributed by atoms with Gasteiger partial charge in [0.1, 0.15) is 11.4 Å². The monoisotopic (exact) mass is 244 g/mol. The Hall–Kier alpha value is -1.88. The molecule has 0 spiro atoms. The number of hydrogen-bond acceptors (Lipinski definition) is 4. The van der Waals surface area contributed by atoms with E-state index in [2.05, 4.69) is 15.6 Å². The maximum atomic E-state index is 5.14. The van der Waals surface area contributed by atoms with Crippen LogP contribution < -0.4 is 10.1 Å². The Kier molecular flexibility index (Phi) is 2.98. The van der Waals surface area contributed by atoms with Crippen LogP contribution in [0.4, 0.5) is 0 Å². The molecular weight excluding hydrogens is 228 g/mol. The van der Waals surface area contributed by atoms with Crippen LogP contribution in [0.25, 0.3) is 11.3 Å². The number of nitrogens with one attached hydrogen (secondary N) is 1. The number of rotatable bonds is 3. The van der Waals surface area contributed by atoms with Gasteiger partial charge in [0.2, 0.25) is 0 Å². The fourth-order valence-corrected chi connectivity index (χ4v) is 2.21. The Morgan fingerprint density at radius 3 is 2.83 bits per heavy atom.